The van der Waals surface area contributed by atoms with Crippen molar-refractivity contribution in [1.82, 2.24) is 14.8 Å². The van der Waals surface area contributed by atoms with Crippen LogP contribution in [-0.2, 0) is 11.2 Å². The van der Waals surface area contributed by atoms with E-state index in [2.05, 4.69) is 11.9 Å². The Hall–Kier alpha value is -2.93. The number of carbonyl (C=O) groups is 2. The Morgan fingerprint density at radius 1 is 1.16 bits per heavy atom. The van der Waals surface area contributed by atoms with Gasteiger partial charge >= 0.3 is 0 Å². The van der Waals surface area contributed by atoms with Crippen LogP contribution in [0.3, 0.4) is 0 Å². The highest BCUT2D eigenvalue weighted by Crippen LogP contribution is 2.27. The summed E-state index contributed by atoms with van der Waals surface area (Å²) in [6, 6.07) is 13.5. The average Bonchev–Trinajstić information content (AvgIpc) is 3.48. The van der Waals surface area contributed by atoms with Crippen LogP contribution in [0, 0.1) is 6.92 Å². The van der Waals surface area contributed by atoms with Crippen molar-refractivity contribution in [2.24, 2.45) is 0 Å². The van der Waals surface area contributed by atoms with E-state index in [1.165, 1.54) is 0 Å². The molecule has 2 aromatic heterocycles. The molecule has 3 aromatic rings. The molecule has 0 atom stereocenters. The maximum atomic E-state index is 13.3. The van der Waals surface area contributed by atoms with Gasteiger partial charge in [-0.2, -0.15) is 0 Å². The molecule has 2 amide bonds. The molecule has 1 aliphatic heterocycles. The van der Waals surface area contributed by atoms with Crippen LogP contribution in [0.25, 0.3) is 10.8 Å². The first kappa shape index (κ1) is 22.3. The summed E-state index contributed by atoms with van der Waals surface area (Å²) >= 11 is 1.57. The number of amides is 2. The van der Waals surface area contributed by atoms with Crippen molar-refractivity contribution in [1.29, 1.82) is 0 Å². The topological polar surface area (TPSA) is 66.7 Å². The van der Waals surface area contributed by atoms with E-state index in [0.29, 0.717) is 37.0 Å². The summed E-state index contributed by atoms with van der Waals surface area (Å²) < 4.78 is 5.81. The van der Waals surface area contributed by atoms with E-state index in [4.69, 9.17) is 4.42 Å². The summed E-state index contributed by atoms with van der Waals surface area (Å²) in [5.41, 5.74) is 1.42. The highest BCUT2D eigenvalue weighted by Gasteiger charge is 2.30. The molecule has 1 fully saturated rings. The van der Waals surface area contributed by atoms with Gasteiger partial charge in [0.1, 0.15) is 5.76 Å². The maximum absolute atomic E-state index is 13.3. The average molecular weight is 452 g/mol. The minimum absolute atomic E-state index is 0.0664. The van der Waals surface area contributed by atoms with Gasteiger partial charge in [0.15, 0.2) is 0 Å². The number of benzene rings is 1. The number of hydrogen-bond donors (Lipinski definition) is 0. The molecule has 1 aliphatic rings. The first-order valence-electron chi connectivity index (χ1n) is 11.2. The van der Waals surface area contributed by atoms with E-state index < -0.39 is 0 Å². The molecule has 1 aromatic carbocycles. The van der Waals surface area contributed by atoms with Crippen LogP contribution in [0.4, 0.5) is 0 Å². The van der Waals surface area contributed by atoms with Gasteiger partial charge in [-0.05, 0) is 49.8 Å². The second-order valence-corrected chi connectivity index (χ2v) is 9.10. The summed E-state index contributed by atoms with van der Waals surface area (Å²) in [6.07, 6.45) is 2.72. The Balaban J connectivity index is 1.39. The van der Waals surface area contributed by atoms with Crippen molar-refractivity contribution in [3.8, 4) is 10.8 Å². The van der Waals surface area contributed by atoms with Crippen LogP contribution in [0.15, 0.2) is 52.3 Å². The summed E-state index contributed by atoms with van der Waals surface area (Å²) in [5, 5.41) is 1.98. The predicted molar refractivity (Wildman–Crippen MR) is 126 cm³/mol. The summed E-state index contributed by atoms with van der Waals surface area (Å²) in [7, 11) is 0. The van der Waals surface area contributed by atoms with Crippen molar-refractivity contribution in [2.45, 2.75) is 45.6 Å². The van der Waals surface area contributed by atoms with Gasteiger partial charge in [-0.1, -0.05) is 31.2 Å². The standard InChI is InChI=1S/C25H29N3O3S/c1-3-13-28(20-11-14-27(15-12-20)25(30)19-8-5-4-6-9-19)23(29)17-21-18(2)31-24(26-21)22-10-7-16-32-22/h4-10,16,20H,3,11-15,17H2,1-2H3. The molecule has 7 heteroatoms. The van der Waals surface area contributed by atoms with Crippen LogP contribution in [0.2, 0.25) is 0 Å². The van der Waals surface area contributed by atoms with Gasteiger partial charge in [-0.15, -0.1) is 11.3 Å². The van der Waals surface area contributed by atoms with Crippen molar-refractivity contribution >= 4 is 23.2 Å². The molecule has 0 saturated carbocycles. The zero-order chi connectivity index (χ0) is 22.5. The van der Waals surface area contributed by atoms with E-state index in [9.17, 15) is 9.59 Å². The first-order chi connectivity index (χ1) is 15.6. The lowest BCUT2D eigenvalue weighted by molar-refractivity contribution is -0.133. The van der Waals surface area contributed by atoms with E-state index in [1.54, 1.807) is 11.3 Å². The number of rotatable bonds is 7. The van der Waals surface area contributed by atoms with Crippen LogP contribution < -0.4 is 0 Å². The lowest BCUT2D eigenvalue weighted by atomic mass is 10.0. The largest absolute Gasteiger partial charge is 0.440 e. The van der Waals surface area contributed by atoms with Crippen LogP contribution >= 0.6 is 11.3 Å². The smallest absolute Gasteiger partial charge is 0.253 e. The molecule has 3 heterocycles. The fourth-order valence-electron chi connectivity index (χ4n) is 4.24. The second-order valence-electron chi connectivity index (χ2n) is 8.15. The summed E-state index contributed by atoms with van der Waals surface area (Å²) in [6.45, 7) is 5.99. The molecule has 6 nitrogen and oxygen atoms in total. The van der Waals surface area contributed by atoms with Crippen LogP contribution in [-0.4, -0.2) is 52.3 Å². The quantitative estimate of drug-likeness (QED) is 0.518. The van der Waals surface area contributed by atoms with Gasteiger partial charge in [0.25, 0.3) is 5.91 Å². The lowest BCUT2D eigenvalue weighted by Gasteiger charge is -2.38. The second kappa shape index (κ2) is 10.1. The zero-order valence-corrected chi connectivity index (χ0v) is 19.4. The number of nitrogens with zero attached hydrogens (tertiary/aromatic N) is 3. The molecule has 0 N–H and O–H groups in total. The lowest BCUT2D eigenvalue weighted by Crippen LogP contribution is -2.49. The number of thiophene rings is 1. The minimum atomic E-state index is 0.0664. The van der Waals surface area contributed by atoms with E-state index in [0.717, 1.165) is 29.7 Å². The third-order valence-electron chi connectivity index (χ3n) is 5.94. The third-order valence-corrected chi connectivity index (χ3v) is 6.80. The van der Waals surface area contributed by atoms with Crippen molar-refractivity contribution < 1.29 is 14.0 Å². The number of aryl methyl sites for hydroxylation is 1. The number of likely N-dealkylation sites (tertiary alicyclic amines) is 1. The van der Waals surface area contributed by atoms with Crippen LogP contribution in [0.1, 0.15) is 48.0 Å². The molecule has 0 spiro atoms. The van der Waals surface area contributed by atoms with Crippen molar-refractivity contribution in [2.75, 3.05) is 19.6 Å². The minimum Gasteiger partial charge on any atom is -0.440 e. The van der Waals surface area contributed by atoms with Gasteiger partial charge in [0.05, 0.1) is 17.0 Å². The molecule has 4 rings (SSSR count). The number of aromatic nitrogens is 1. The Morgan fingerprint density at radius 3 is 2.56 bits per heavy atom. The molecule has 32 heavy (non-hydrogen) atoms. The molecule has 0 aliphatic carbocycles. The Kier molecular flexibility index (Phi) is 7.05. The third kappa shape index (κ3) is 4.93. The zero-order valence-electron chi connectivity index (χ0n) is 18.6. The van der Waals surface area contributed by atoms with Gasteiger partial charge in [-0.25, -0.2) is 4.98 Å². The number of oxazole rings is 1. The SMILES string of the molecule is CCCN(C(=O)Cc1nc(-c2cccs2)oc1C)C1CCN(C(=O)c2ccccc2)CC1. The molecule has 0 unspecified atom stereocenters. The monoisotopic (exact) mass is 451 g/mol. The molecule has 0 bridgehead atoms. The molecular weight excluding hydrogens is 422 g/mol. The predicted octanol–water partition coefficient (Wildman–Crippen LogP) is 4.80. The highest BCUT2D eigenvalue weighted by atomic mass is 32.1. The highest BCUT2D eigenvalue weighted by molar-refractivity contribution is 7.13. The Morgan fingerprint density at radius 2 is 1.91 bits per heavy atom. The Labute approximate surface area is 192 Å². The fourth-order valence-corrected chi connectivity index (χ4v) is 4.89. The first-order valence-corrected chi connectivity index (χ1v) is 12.1. The Bertz CT molecular complexity index is 1040. The number of carbonyl (C=O) groups excluding carboxylic acids is 2. The summed E-state index contributed by atoms with van der Waals surface area (Å²) in [5.74, 6) is 1.42. The number of piperidine rings is 1. The van der Waals surface area contributed by atoms with Gasteiger partial charge in [-0.3, -0.25) is 9.59 Å². The van der Waals surface area contributed by atoms with Crippen LogP contribution in [0.5, 0.6) is 0 Å². The molecular formula is C25H29N3O3S. The van der Waals surface area contributed by atoms with Gasteiger partial charge in [0.2, 0.25) is 11.8 Å². The molecule has 0 radical (unpaired) electrons. The van der Waals surface area contributed by atoms with Gasteiger partial charge in [0, 0.05) is 31.2 Å². The fraction of sp³-hybridized carbons (Fsp3) is 0.400. The van der Waals surface area contributed by atoms with Gasteiger partial charge < -0.3 is 14.2 Å². The molecule has 1 saturated heterocycles. The maximum Gasteiger partial charge on any atom is 0.253 e. The van der Waals surface area contributed by atoms with Crippen molar-refractivity contribution in [3.05, 3.63) is 64.9 Å². The number of hydrogen-bond acceptors (Lipinski definition) is 5. The van der Waals surface area contributed by atoms with E-state index in [1.807, 2.05) is 64.6 Å². The van der Waals surface area contributed by atoms with Crippen molar-refractivity contribution in [3.63, 3.8) is 0 Å². The molecule has 168 valence electrons. The van der Waals surface area contributed by atoms with E-state index >= 15 is 0 Å². The van der Waals surface area contributed by atoms with E-state index in [-0.39, 0.29) is 24.3 Å². The normalized spacial score (nSPS) is 14.5. The summed E-state index contributed by atoms with van der Waals surface area (Å²) in [4.78, 5) is 35.4.